The Kier molecular flexibility index (Phi) is 8.63. The van der Waals surface area contributed by atoms with Crippen LogP contribution in [0, 0.1) is 6.92 Å². The number of aliphatic hydroxyl groups is 1. The van der Waals surface area contributed by atoms with Gasteiger partial charge in [0.25, 0.3) is 0 Å². The number of aromatic nitrogens is 1. The van der Waals surface area contributed by atoms with E-state index in [0.29, 0.717) is 6.54 Å². The van der Waals surface area contributed by atoms with Crippen LogP contribution in [0.25, 0.3) is 0 Å². The Morgan fingerprint density at radius 3 is 2.71 bits per heavy atom. The number of aryl methyl sites for hydroxylation is 1. The molecular formula is C18H28N2O. The van der Waals surface area contributed by atoms with E-state index in [2.05, 4.69) is 28.5 Å². The fraction of sp³-hybridized carbons (Fsp3) is 0.500. The first kappa shape index (κ1) is 17.6. The molecule has 1 atom stereocenters. The summed E-state index contributed by atoms with van der Waals surface area (Å²) in [5, 5.41) is 13.3. The number of allylic oxidation sites excluding steroid dienone is 2. The van der Waals surface area contributed by atoms with Crippen LogP contribution in [0.1, 0.15) is 37.9 Å². The van der Waals surface area contributed by atoms with E-state index >= 15 is 0 Å². The standard InChI is InChI=1S/C16H22N2O.C2H6/c1-13-7-8-14(11-18-13)9-10-17-12-16(19)15-5-3-2-4-6-15;1-2/h3,5-8,11,16-17,19H,2,4,9-10,12H2,1H3;1-2H3. The predicted molar refractivity (Wildman–Crippen MR) is 89.4 cm³/mol. The minimum absolute atomic E-state index is 0.396. The SMILES string of the molecule is CC.Cc1ccc(CCNCC(O)C2=CCCC=C2)cn1. The molecule has 1 aliphatic rings. The van der Waals surface area contributed by atoms with E-state index in [1.807, 2.05) is 39.1 Å². The van der Waals surface area contributed by atoms with Crippen molar-refractivity contribution in [3.8, 4) is 0 Å². The molecule has 1 unspecified atom stereocenters. The second-order valence-electron chi connectivity index (χ2n) is 4.96. The highest BCUT2D eigenvalue weighted by atomic mass is 16.3. The Morgan fingerprint density at radius 1 is 1.29 bits per heavy atom. The summed E-state index contributed by atoms with van der Waals surface area (Å²) >= 11 is 0. The molecule has 0 aromatic carbocycles. The van der Waals surface area contributed by atoms with E-state index < -0.39 is 6.10 Å². The molecule has 0 aliphatic heterocycles. The Balaban J connectivity index is 0.00000106. The first-order chi connectivity index (χ1) is 10.3. The average Bonchev–Trinajstić information content (AvgIpc) is 2.56. The Hall–Kier alpha value is -1.45. The summed E-state index contributed by atoms with van der Waals surface area (Å²) in [5.41, 5.74) is 3.31. The van der Waals surface area contributed by atoms with Crippen LogP contribution in [0.3, 0.4) is 0 Å². The van der Waals surface area contributed by atoms with Crippen molar-refractivity contribution in [1.29, 1.82) is 0 Å². The first-order valence-corrected chi connectivity index (χ1v) is 7.92. The molecule has 0 saturated carbocycles. The van der Waals surface area contributed by atoms with Gasteiger partial charge < -0.3 is 10.4 Å². The molecule has 116 valence electrons. The molecule has 21 heavy (non-hydrogen) atoms. The lowest BCUT2D eigenvalue weighted by atomic mass is 10.0. The number of aliphatic hydroxyl groups excluding tert-OH is 1. The van der Waals surface area contributed by atoms with Gasteiger partial charge in [-0.05, 0) is 49.9 Å². The molecule has 1 aliphatic carbocycles. The highest BCUT2D eigenvalue weighted by molar-refractivity contribution is 5.26. The average molecular weight is 288 g/mol. The highest BCUT2D eigenvalue weighted by Gasteiger charge is 2.08. The predicted octanol–water partition coefficient (Wildman–Crippen LogP) is 3.19. The van der Waals surface area contributed by atoms with Gasteiger partial charge in [0.2, 0.25) is 0 Å². The lowest BCUT2D eigenvalue weighted by Gasteiger charge is -2.15. The second kappa shape index (κ2) is 10.3. The molecule has 3 nitrogen and oxygen atoms in total. The number of rotatable bonds is 6. The fourth-order valence-corrected chi connectivity index (χ4v) is 2.12. The zero-order chi connectivity index (χ0) is 15.5. The molecule has 0 saturated heterocycles. The topological polar surface area (TPSA) is 45.1 Å². The van der Waals surface area contributed by atoms with Crippen LogP contribution in [-0.2, 0) is 6.42 Å². The van der Waals surface area contributed by atoms with E-state index in [1.165, 1.54) is 5.56 Å². The van der Waals surface area contributed by atoms with Crippen molar-refractivity contribution in [2.24, 2.45) is 0 Å². The third-order valence-electron chi connectivity index (χ3n) is 3.31. The number of hydrogen-bond acceptors (Lipinski definition) is 3. The molecule has 0 bridgehead atoms. The van der Waals surface area contributed by atoms with Gasteiger partial charge in [0.1, 0.15) is 0 Å². The van der Waals surface area contributed by atoms with Crippen LogP contribution >= 0.6 is 0 Å². The minimum Gasteiger partial charge on any atom is -0.387 e. The van der Waals surface area contributed by atoms with Crippen LogP contribution in [0.4, 0.5) is 0 Å². The Labute approximate surface area is 128 Å². The van der Waals surface area contributed by atoms with Gasteiger partial charge in [0.15, 0.2) is 0 Å². The lowest BCUT2D eigenvalue weighted by molar-refractivity contribution is 0.210. The minimum atomic E-state index is -0.396. The van der Waals surface area contributed by atoms with Crippen molar-refractivity contribution < 1.29 is 5.11 Å². The van der Waals surface area contributed by atoms with Crippen LogP contribution in [0.15, 0.2) is 42.1 Å². The van der Waals surface area contributed by atoms with Crippen LogP contribution in [0.5, 0.6) is 0 Å². The van der Waals surface area contributed by atoms with Gasteiger partial charge in [-0.25, -0.2) is 0 Å². The number of hydrogen-bond donors (Lipinski definition) is 2. The summed E-state index contributed by atoms with van der Waals surface area (Å²) in [4.78, 5) is 4.27. The summed E-state index contributed by atoms with van der Waals surface area (Å²) in [5.74, 6) is 0. The maximum atomic E-state index is 10.0. The largest absolute Gasteiger partial charge is 0.387 e. The molecule has 0 amide bonds. The highest BCUT2D eigenvalue weighted by Crippen LogP contribution is 2.12. The Morgan fingerprint density at radius 2 is 2.10 bits per heavy atom. The molecular weight excluding hydrogens is 260 g/mol. The maximum absolute atomic E-state index is 10.0. The van der Waals surface area contributed by atoms with Crippen molar-refractivity contribution in [2.75, 3.05) is 13.1 Å². The smallest absolute Gasteiger partial charge is 0.0911 e. The van der Waals surface area contributed by atoms with Gasteiger partial charge in [0, 0.05) is 18.4 Å². The summed E-state index contributed by atoms with van der Waals surface area (Å²) in [7, 11) is 0. The Bertz CT molecular complexity index is 449. The van der Waals surface area contributed by atoms with Gasteiger partial charge in [-0.3, -0.25) is 4.98 Å². The van der Waals surface area contributed by atoms with Crippen molar-refractivity contribution >= 4 is 0 Å². The molecule has 1 aromatic rings. The monoisotopic (exact) mass is 288 g/mol. The van der Waals surface area contributed by atoms with Crippen LogP contribution in [-0.4, -0.2) is 29.3 Å². The van der Waals surface area contributed by atoms with Crippen molar-refractivity contribution in [3.63, 3.8) is 0 Å². The molecule has 1 heterocycles. The van der Waals surface area contributed by atoms with Gasteiger partial charge in [-0.1, -0.05) is 38.1 Å². The molecule has 1 aromatic heterocycles. The number of nitrogens with one attached hydrogen (secondary N) is 1. The summed E-state index contributed by atoms with van der Waals surface area (Å²) in [6.07, 6.45) is 10.9. The number of nitrogens with zero attached hydrogens (tertiary/aromatic N) is 1. The zero-order valence-electron chi connectivity index (χ0n) is 13.5. The molecule has 0 radical (unpaired) electrons. The summed E-state index contributed by atoms with van der Waals surface area (Å²) in [6.45, 7) is 7.46. The summed E-state index contributed by atoms with van der Waals surface area (Å²) < 4.78 is 0. The first-order valence-electron chi connectivity index (χ1n) is 7.92. The fourth-order valence-electron chi connectivity index (χ4n) is 2.12. The maximum Gasteiger partial charge on any atom is 0.0911 e. The van der Waals surface area contributed by atoms with E-state index in [4.69, 9.17) is 0 Å². The van der Waals surface area contributed by atoms with Gasteiger partial charge in [-0.2, -0.15) is 0 Å². The van der Waals surface area contributed by atoms with Crippen LogP contribution in [0.2, 0.25) is 0 Å². The van der Waals surface area contributed by atoms with Crippen molar-refractivity contribution in [3.05, 3.63) is 53.4 Å². The third-order valence-corrected chi connectivity index (χ3v) is 3.31. The quantitative estimate of drug-likeness (QED) is 0.790. The molecule has 2 N–H and O–H groups in total. The van der Waals surface area contributed by atoms with Crippen molar-refractivity contribution in [2.45, 2.75) is 46.1 Å². The van der Waals surface area contributed by atoms with Crippen molar-refractivity contribution in [1.82, 2.24) is 10.3 Å². The van der Waals surface area contributed by atoms with E-state index in [0.717, 1.165) is 37.1 Å². The lowest BCUT2D eigenvalue weighted by Crippen LogP contribution is -2.29. The summed E-state index contributed by atoms with van der Waals surface area (Å²) in [6, 6.07) is 4.13. The number of pyridine rings is 1. The molecule has 2 rings (SSSR count). The van der Waals surface area contributed by atoms with E-state index in [9.17, 15) is 5.11 Å². The zero-order valence-corrected chi connectivity index (χ0v) is 13.5. The third kappa shape index (κ3) is 6.69. The van der Waals surface area contributed by atoms with E-state index in [1.54, 1.807) is 0 Å². The van der Waals surface area contributed by atoms with Crippen LogP contribution < -0.4 is 5.32 Å². The van der Waals surface area contributed by atoms with E-state index in [-0.39, 0.29) is 0 Å². The molecule has 3 heteroatoms. The van der Waals surface area contributed by atoms with Gasteiger partial charge in [0.05, 0.1) is 6.10 Å². The normalized spacial score (nSPS) is 15.0. The molecule has 0 spiro atoms. The second-order valence-corrected chi connectivity index (χ2v) is 4.96. The molecule has 0 fully saturated rings. The van der Waals surface area contributed by atoms with Gasteiger partial charge >= 0.3 is 0 Å². The van der Waals surface area contributed by atoms with Gasteiger partial charge in [-0.15, -0.1) is 0 Å².